The molecule has 0 aliphatic rings. The molecule has 0 aromatic heterocycles. The van der Waals surface area contributed by atoms with Crippen LogP contribution < -0.4 is 0 Å². The number of benzene rings is 3. The van der Waals surface area contributed by atoms with Crippen molar-refractivity contribution in [1.82, 2.24) is 0 Å². The Hall–Kier alpha value is -2.37. The van der Waals surface area contributed by atoms with Crippen LogP contribution in [0.1, 0.15) is 21.2 Å². The molecule has 0 unspecified atom stereocenters. The van der Waals surface area contributed by atoms with Crippen LogP contribution in [0.5, 0.6) is 0 Å². The number of ether oxygens (including phenoxy) is 1. The molecule has 3 aromatic rings. The average Bonchev–Trinajstić information content (AvgIpc) is 2.72. The summed E-state index contributed by atoms with van der Waals surface area (Å²) in [5.41, 5.74) is 1.34. The maximum atomic E-state index is 12.8. The molecule has 0 aliphatic heterocycles. The Balaban J connectivity index is 1.73. The van der Waals surface area contributed by atoms with Gasteiger partial charge in [-0.1, -0.05) is 82.7 Å². The van der Waals surface area contributed by atoms with Crippen molar-refractivity contribution in [1.29, 1.82) is 0 Å². The molecule has 0 saturated heterocycles. The van der Waals surface area contributed by atoms with Crippen LogP contribution in [0.15, 0.2) is 94.3 Å². The van der Waals surface area contributed by atoms with Gasteiger partial charge in [-0.05, 0) is 23.8 Å². The van der Waals surface area contributed by atoms with Gasteiger partial charge in [-0.2, -0.15) is 0 Å². The Kier molecular flexibility index (Phi) is 6.85. The van der Waals surface area contributed by atoms with Gasteiger partial charge in [0.05, 0.1) is 0 Å². The minimum Gasteiger partial charge on any atom is -0.456 e. The lowest BCUT2D eigenvalue weighted by Crippen LogP contribution is -2.19. The topological polar surface area (TPSA) is 43.4 Å². The maximum absolute atomic E-state index is 12.8. The highest BCUT2D eigenvalue weighted by Gasteiger charge is 2.24. The van der Waals surface area contributed by atoms with E-state index in [2.05, 4.69) is 15.9 Å². The first-order chi connectivity index (χ1) is 13.1. The monoisotopic (exact) mass is 440 g/mol. The lowest BCUT2D eigenvalue weighted by molar-refractivity contribution is -0.142. The normalized spacial score (nSPS) is 11.6. The van der Waals surface area contributed by atoms with Crippen molar-refractivity contribution < 1.29 is 14.3 Å². The molecule has 3 nitrogen and oxygen atoms in total. The first kappa shape index (κ1) is 19.4. The van der Waals surface area contributed by atoms with Crippen molar-refractivity contribution in [3.63, 3.8) is 0 Å². The van der Waals surface area contributed by atoms with E-state index in [4.69, 9.17) is 4.74 Å². The fourth-order valence-corrected chi connectivity index (χ4v) is 4.04. The highest BCUT2D eigenvalue weighted by molar-refractivity contribution is 9.10. The third kappa shape index (κ3) is 5.31. The molecular weight excluding hydrogens is 424 g/mol. The van der Waals surface area contributed by atoms with Crippen LogP contribution >= 0.6 is 27.7 Å². The number of halogens is 1. The minimum absolute atomic E-state index is 0.243. The second-order valence-electron chi connectivity index (χ2n) is 5.73. The van der Waals surface area contributed by atoms with Crippen molar-refractivity contribution in [2.24, 2.45) is 0 Å². The molecular formula is C22H17BrO3S. The standard InChI is InChI=1S/C22H17BrO3S/c23-19-14-8-7-13-18(19)20(24)15-26-22(25)21(16-9-3-1-4-10-16)27-17-11-5-2-6-12-17/h1-14,21H,15H2/t21-/m0/s1. The SMILES string of the molecule is O=C(COC(=O)[C@@H](Sc1ccccc1)c1ccccc1)c1ccccc1Br. The van der Waals surface area contributed by atoms with Crippen LogP contribution in [0.25, 0.3) is 0 Å². The number of ketones is 1. The van der Waals surface area contributed by atoms with Gasteiger partial charge in [0.2, 0.25) is 5.78 Å². The molecule has 0 radical (unpaired) electrons. The van der Waals surface area contributed by atoms with Gasteiger partial charge < -0.3 is 4.74 Å². The first-order valence-corrected chi connectivity index (χ1v) is 10.0. The van der Waals surface area contributed by atoms with Gasteiger partial charge in [0.25, 0.3) is 0 Å². The molecule has 0 fully saturated rings. The quantitative estimate of drug-likeness (QED) is 0.268. The zero-order chi connectivity index (χ0) is 19.1. The van der Waals surface area contributed by atoms with Gasteiger partial charge in [-0.25, -0.2) is 0 Å². The number of hydrogen-bond donors (Lipinski definition) is 0. The fourth-order valence-electron chi connectivity index (χ4n) is 2.49. The molecule has 136 valence electrons. The summed E-state index contributed by atoms with van der Waals surface area (Å²) in [6.45, 7) is -0.292. The first-order valence-electron chi connectivity index (χ1n) is 8.36. The largest absolute Gasteiger partial charge is 0.456 e. The minimum atomic E-state index is -0.541. The fraction of sp³-hybridized carbons (Fsp3) is 0.0909. The van der Waals surface area contributed by atoms with Crippen molar-refractivity contribution in [2.45, 2.75) is 10.1 Å². The van der Waals surface area contributed by atoms with Crippen LogP contribution in [-0.4, -0.2) is 18.4 Å². The number of thioether (sulfide) groups is 1. The van der Waals surface area contributed by atoms with Gasteiger partial charge >= 0.3 is 5.97 Å². The molecule has 0 aliphatic carbocycles. The summed E-state index contributed by atoms with van der Waals surface area (Å²) in [6, 6.07) is 26.2. The highest BCUT2D eigenvalue weighted by atomic mass is 79.9. The Morgan fingerprint density at radius 2 is 1.44 bits per heavy atom. The van der Waals surface area contributed by atoms with Gasteiger partial charge in [-0.3, -0.25) is 9.59 Å². The summed E-state index contributed by atoms with van der Waals surface area (Å²) < 4.78 is 6.06. The van der Waals surface area contributed by atoms with Crippen molar-refractivity contribution in [2.75, 3.05) is 6.61 Å². The number of carbonyl (C=O) groups excluding carboxylic acids is 2. The molecule has 0 amide bonds. The summed E-state index contributed by atoms with van der Waals surface area (Å²) in [5, 5.41) is -0.541. The van der Waals surface area contributed by atoms with Crippen LogP contribution in [0.2, 0.25) is 0 Å². The van der Waals surface area contributed by atoms with Gasteiger partial charge in [0, 0.05) is 14.9 Å². The summed E-state index contributed by atoms with van der Waals surface area (Å²) in [5.74, 6) is -0.678. The van der Waals surface area contributed by atoms with E-state index in [-0.39, 0.29) is 12.4 Å². The van der Waals surface area contributed by atoms with Crippen molar-refractivity contribution in [3.05, 3.63) is 101 Å². The van der Waals surface area contributed by atoms with Gasteiger partial charge in [-0.15, -0.1) is 11.8 Å². The van der Waals surface area contributed by atoms with Crippen LogP contribution in [0.4, 0.5) is 0 Å². The van der Waals surface area contributed by atoms with E-state index in [1.807, 2.05) is 66.7 Å². The molecule has 3 rings (SSSR count). The molecule has 0 saturated carbocycles. The smallest absolute Gasteiger partial charge is 0.324 e. The predicted molar refractivity (Wildman–Crippen MR) is 111 cm³/mol. The molecule has 0 N–H and O–H groups in total. The van der Waals surface area contributed by atoms with Crippen molar-refractivity contribution >= 4 is 39.4 Å². The van der Waals surface area contributed by atoms with Crippen LogP contribution in [0.3, 0.4) is 0 Å². The Bertz CT molecular complexity index is 913. The third-order valence-corrected chi connectivity index (χ3v) is 5.77. The lowest BCUT2D eigenvalue weighted by Gasteiger charge is -2.16. The van der Waals surface area contributed by atoms with Crippen LogP contribution in [-0.2, 0) is 9.53 Å². The van der Waals surface area contributed by atoms with Crippen LogP contribution in [0, 0.1) is 0 Å². The Morgan fingerprint density at radius 1 is 0.852 bits per heavy atom. The second kappa shape index (κ2) is 9.53. The number of Topliss-reactive ketones (excluding diaryl/α,β-unsaturated/α-hetero) is 1. The van der Waals surface area contributed by atoms with E-state index >= 15 is 0 Å². The van der Waals surface area contributed by atoms with Gasteiger partial charge in [0.1, 0.15) is 5.25 Å². The maximum Gasteiger partial charge on any atom is 0.324 e. The molecule has 0 bridgehead atoms. The number of carbonyl (C=O) groups is 2. The summed E-state index contributed by atoms with van der Waals surface area (Å²) in [7, 11) is 0. The van der Waals surface area contributed by atoms with E-state index in [1.54, 1.807) is 18.2 Å². The Labute approximate surface area is 170 Å². The highest BCUT2D eigenvalue weighted by Crippen LogP contribution is 2.36. The lowest BCUT2D eigenvalue weighted by atomic mass is 10.1. The summed E-state index contributed by atoms with van der Waals surface area (Å²) in [4.78, 5) is 26.1. The van der Waals surface area contributed by atoms with E-state index in [1.165, 1.54) is 11.8 Å². The molecule has 0 heterocycles. The summed E-state index contributed by atoms with van der Waals surface area (Å²) >= 11 is 4.75. The second-order valence-corrected chi connectivity index (χ2v) is 7.77. The van der Waals surface area contributed by atoms with E-state index < -0.39 is 11.2 Å². The molecule has 27 heavy (non-hydrogen) atoms. The molecule has 0 spiro atoms. The molecule has 3 aromatic carbocycles. The number of rotatable bonds is 7. The molecule has 5 heteroatoms. The number of esters is 1. The zero-order valence-corrected chi connectivity index (χ0v) is 16.8. The van der Waals surface area contributed by atoms with E-state index in [9.17, 15) is 9.59 Å². The predicted octanol–water partition coefficient (Wildman–Crippen LogP) is 5.71. The average molecular weight is 441 g/mol. The van der Waals surface area contributed by atoms with Crippen molar-refractivity contribution in [3.8, 4) is 0 Å². The number of hydrogen-bond acceptors (Lipinski definition) is 4. The van der Waals surface area contributed by atoms with Gasteiger partial charge in [0.15, 0.2) is 6.61 Å². The zero-order valence-electron chi connectivity index (χ0n) is 14.4. The summed E-state index contributed by atoms with van der Waals surface area (Å²) in [6.07, 6.45) is 0. The van der Waals surface area contributed by atoms with E-state index in [0.717, 1.165) is 10.5 Å². The third-order valence-electron chi connectivity index (χ3n) is 3.83. The Morgan fingerprint density at radius 3 is 2.11 bits per heavy atom. The molecule has 1 atom stereocenters. The van der Waals surface area contributed by atoms with E-state index in [0.29, 0.717) is 10.0 Å².